The third kappa shape index (κ3) is 5.26. The van der Waals surface area contributed by atoms with Crippen molar-refractivity contribution in [3.63, 3.8) is 0 Å². The third-order valence-corrected chi connectivity index (χ3v) is 6.00. The first-order valence-electron chi connectivity index (χ1n) is 9.58. The zero-order valence-electron chi connectivity index (χ0n) is 16.5. The molecule has 1 aromatic carbocycles. The lowest BCUT2D eigenvalue weighted by molar-refractivity contribution is -0.137. The fraction of sp³-hybridized carbons (Fsp3) is 0.381. The van der Waals surface area contributed by atoms with E-state index in [9.17, 15) is 13.4 Å². The van der Waals surface area contributed by atoms with Gasteiger partial charge in [0.05, 0.1) is 27.6 Å². The normalized spacial score (nSPS) is 12.6. The van der Waals surface area contributed by atoms with Crippen molar-refractivity contribution in [2.45, 2.75) is 44.4 Å². The second kappa shape index (κ2) is 9.26. The van der Waals surface area contributed by atoms with Crippen LogP contribution in [0.2, 0.25) is 0 Å². The Balaban J connectivity index is 1.80. The first-order valence-corrected chi connectivity index (χ1v) is 10.9. The lowest BCUT2D eigenvalue weighted by atomic mass is 10.1. The molecule has 1 N–H and O–H groups in total. The van der Waals surface area contributed by atoms with E-state index >= 15 is 0 Å². The Hall–Kier alpha value is -2.61. The van der Waals surface area contributed by atoms with Gasteiger partial charge in [0.25, 0.3) is 0 Å². The molecular formula is C21H24FN3O3S. The van der Waals surface area contributed by atoms with Crippen LogP contribution in [-0.2, 0) is 22.0 Å². The summed E-state index contributed by atoms with van der Waals surface area (Å²) in [6.45, 7) is 4.19. The number of aromatic nitrogens is 3. The minimum Gasteiger partial charge on any atom is -0.481 e. The highest BCUT2D eigenvalue weighted by molar-refractivity contribution is 7.85. The summed E-state index contributed by atoms with van der Waals surface area (Å²) in [4.78, 5) is 15.7. The molecule has 0 amide bonds. The van der Waals surface area contributed by atoms with Crippen molar-refractivity contribution in [2.24, 2.45) is 5.92 Å². The zero-order chi connectivity index (χ0) is 21.0. The Labute approximate surface area is 171 Å². The van der Waals surface area contributed by atoms with Gasteiger partial charge in [-0.3, -0.25) is 9.00 Å². The number of carboxylic acids is 1. The van der Waals surface area contributed by atoms with Crippen molar-refractivity contribution < 1.29 is 18.5 Å². The van der Waals surface area contributed by atoms with Crippen LogP contribution in [0.4, 0.5) is 4.39 Å². The zero-order valence-corrected chi connectivity index (χ0v) is 17.3. The average Bonchev–Trinajstić information content (AvgIpc) is 3.10. The maximum Gasteiger partial charge on any atom is 0.303 e. The van der Waals surface area contributed by atoms with Crippen LogP contribution in [0.3, 0.4) is 0 Å². The van der Waals surface area contributed by atoms with Gasteiger partial charge < -0.3 is 5.11 Å². The molecule has 0 unspecified atom stereocenters. The minimum absolute atomic E-state index is 0.00970. The average molecular weight is 418 g/mol. The Morgan fingerprint density at radius 3 is 2.76 bits per heavy atom. The number of hydrogen-bond acceptors (Lipinski definition) is 4. The summed E-state index contributed by atoms with van der Waals surface area (Å²) in [6, 6.07) is 6.58. The van der Waals surface area contributed by atoms with E-state index in [0.29, 0.717) is 46.3 Å². The molecule has 0 aliphatic rings. The van der Waals surface area contributed by atoms with Crippen molar-refractivity contribution in [1.82, 2.24) is 14.8 Å². The molecule has 1 atom stereocenters. The van der Waals surface area contributed by atoms with Crippen LogP contribution in [0.1, 0.15) is 38.7 Å². The number of aliphatic carboxylic acids is 1. The van der Waals surface area contributed by atoms with Crippen LogP contribution in [-0.4, -0.2) is 35.8 Å². The lowest BCUT2D eigenvalue weighted by Gasteiger charge is -2.08. The Morgan fingerprint density at radius 1 is 1.28 bits per heavy atom. The van der Waals surface area contributed by atoms with Gasteiger partial charge >= 0.3 is 5.97 Å². The number of halogens is 1. The smallest absolute Gasteiger partial charge is 0.303 e. The van der Waals surface area contributed by atoms with Crippen LogP contribution < -0.4 is 0 Å². The fourth-order valence-corrected chi connectivity index (χ4v) is 4.33. The van der Waals surface area contributed by atoms with E-state index in [1.807, 2.05) is 6.07 Å². The lowest BCUT2D eigenvalue weighted by Crippen LogP contribution is -2.03. The van der Waals surface area contributed by atoms with Gasteiger partial charge in [0, 0.05) is 23.8 Å². The Bertz CT molecular complexity index is 1050. The number of aryl methyl sites for hydroxylation is 1. The highest BCUT2D eigenvalue weighted by Gasteiger charge is 2.13. The first-order chi connectivity index (χ1) is 13.8. The van der Waals surface area contributed by atoms with Crippen LogP contribution in [0, 0.1) is 11.7 Å². The second-order valence-corrected chi connectivity index (χ2v) is 8.97. The standard InChI is InChI=1S/C21H24FN3O3S/c1-14(2)8-9-29(28)18-10-16-12-24-25(21(16)23-13-18)17-7-6-15(19(22)11-17)4-3-5-20(26)27/h6-7,10-14H,3-5,8-9H2,1-2H3,(H,26,27)/t29-/m0/s1. The minimum atomic E-state index is -1.11. The number of carboxylic acid groups (broad SMARTS) is 1. The number of hydrogen-bond donors (Lipinski definition) is 1. The van der Waals surface area contributed by atoms with Crippen LogP contribution in [0.25, 0.3) is 16.7 Å². The van der Waals surface area contributed by atoms with Gasteiger partial charge in [-0.05, 0) is 48.9 Å². The number of benzene rings is 1. The van der Waals surface area contributed by atoms with Gasteiger partial charge in [0.1, 0.15) is 5.82 Å². The van der Waals surface area contributed by atoms with E-state index < -0.39 is 22.6 Å². The van der Waals surface area contributed by atoms with Gasteiger partial charge in [0.2, 0.25) is 0 Å². The van der Waals surface area contributed by atoms with Crippen molar-refractivity contribution in [2.75, 3.05) is 5.75 Å². The summed E-state index contributed by atoms with van der Waals surface area (Å²) in [7, 11) is -1.11. The molecule has 0 spiro atoms. The van der Waals surface area contributed by atoms with Crippen LogP contribution in [0.5, 0.6) is 0 Å². The summed E-state index contributed by atoms with van der Waals surface area (Å²) in [5, 5.41) is 13.8. The monoisotopic (exact) mass is 417 g/mol. The molecule has 0 aliphatic carbocycles. The van der Waals surface area contributed by atoms with E-state index in [-0.39, 0.29) is 6.42 Å². The summed E-state index contributed by atoms with van der Waals surface area (Å²) < 4.78 is 28.4. The Morgan fingerprint density at radius 2 is 2.07 bits per heavy atom. The molecule has 8 heteroatoms. The summed E-state index contributed by atoms with van der Waals surface area (Å²) in [6.07, 6.45) is 4.85. The SMILES string of the molecule is CC(C)CC[S@](=O)c1cnc2c(cnn2-c2ccc(CCCC(=O)O)c(F)c2)c1. The molecule has 0 aliphatic heterocycles. The molecule has 29 heavy (non-hydrogen) atoms. The molecule has 3 aromatic rings. The van der Waals surface area contributed by atoms with Crippen LogP contribution >= 0.6 is 0 Å². The highest BCUT2D eigenvalue weighted by Crippen LogP contribution is 2.22. The van der Waals surface area contributed by atoms with Crippen molar-refractivity contribution in [3.8, 4) is 5.69 Å². The predicted octanol–water partition coefficient (Wildman–Crippen LogP) is 4.12. The van der Waals surface area contributed by atoms with E-state index in [2.05, 4.69) is 23.9 Å². The summed E-state index contributed by atoms with van der Waals surface area (Å²) in [5.41, 5.74) is 1.57. The largest absolute Gasteiger partial charge is 0.481 e. The number of rotatable bonds is 9. The van der Waals surface area contributed by atoms with E-state index in [0.717, 1.165) is 11.8 Å². The van der Waals surface area contributed by atoms with E-state index in [1.165, 1.54) is 6.07 Å². The van der Waals surface area contributed by atoms with Gasteiger partial charge in [0.15, 0.2) is 5.65 Å². The number of nitrogens with zero attached hydrogens (tertiary/aromatic N) is 3. The Kier molecular flexibility index (Phi) is 6.74. The first kappa shape index (κ1) is 21.1. The molecule has 0 saturated heterocycles. The topological polar surface area (TPSA) is 85.1 Å². The maximum atomic E-state index is 14.4. The molecule has 3 rings (SSSR count). The molecule has 0 bridgehead atoms. The fourth-order valence-electron chi connectivity index (χ4n) is 2.98. The van der Waals surface area contributed by atoms with Crippen LogP contribution in [0.15, 0.2) is 41.6 Å². The number of fused-ring (bicyclic) bond motifs is 1. The van der Waals surface area contributed by atoms with Crippen molar-refractivity contribution >= 4 is 27.8 Å². The van der Waals surface area contributed by atoms with Gasteiger partial charge in [-0.1, -0.05) is 19.9 Å². The van der Waals surface area contributed by atoms with E-state index in [4.69, 9.17) is 5.11 Å². The van der Waals surface area contributed by atoms with Gasteiger partial charge in [-0.25, -0.2) is 14.1 Å². The molecule has 0 saturated carbocycles. The van der Waals surface area contributed by atoms with Crippen molar-refractivity contribution in [3.05, 3.63) is 48.0 Å². The molecule has 154 valence electrons. The van der Waals surface area contributed by atoms with Gasteiger partial charge in [-0.15, -0.1) is 0 Å². The maximum absolute atomic E-state index is 14.4. The molecule has 6 nitrogen and oxygen atoms in total. The predicted molar refractivity (Wildman–Crippen MR) is 110 cm³/mol. The third-order valence-electron chi connectivity index (χ3n) is 4.64. The molecule has 2 aromatic heterocycles. The molecule has 2 heterocycles. The molecule has 0 fully saturated rings. The summed E-state index contributed by atoms with van der Waals surface area (Å²) in [5.74, 6) is -0.211. The van der Waals surface area contributed by atoms with Gasteiger partial charge in [-0.2, -0.15) is 5.10 Å². The molecular weight excluding hydrogens is 393 g/mol. The number of pyridine rings is 1. The second-order valence-electron chi connectivity index (χ2n) is 7.40. The number of carbonyl (C=O) groups is 1. The molecule has 0 radical (unpaired) electrons. The highest BCUT2D eigenvalue weighted by atomic mass is 32.2. The van der Waals surface area contributed by atoms with Crippen molar-refractivity contribution in [1.29, 1.82) is 0 Å². The van der Waals surface area contributed by atoms with E-state index in [1.54, 1.807) is 29.2 Å². The summed E-state index contributed by atoms with van der Waals surface area (Å²) >= 11 is 0. The quantitative estimate of drug-likeness (QED) is 0.566.